The van der Waals surface area contributed by atoms with Gasteiger partial charge in [-0.05, 0) is 26.1 Å². The normalized spacial score (nSPS) is 10.9. The Kier molecular flexibility index (Phi) is 6.15. The van der Waals surface area contributed by atoms with Gasteiger partial charge in [0.15, 0.2) is 0 Å². The second-order valence-corrected chi connectivity index (χ2v) is 4.51. The van der Waals surface area contributed by atoms with Crippen LogP contribution in [0.2, 0.25) is 5.02 Å². The molecule has 0 atom stereocenters. The van der Waals surface area contributed by atoms with Gasteiger partial charge in [-0.3, -0.25) is 9.48 Å². The van der Waals surface area contributed by atoms with E-state index in [-0.39, 0.29) is 5.91 Å². The number of carbonyl (C=O) groups is 1. The Balaban J connectivity index is 2.34. The van der Waals surface area contributed by atoms with E-state index in [2.05, 4.69) is 29.2 Å². The van der Waals surface area contributed by atoms with Gasteiger partial charge in [0, 0.05) is 13.6 Å². The summed E-state index contributed by atoms with van der Waals surface area (Å²) < 4.78 is 1.49. The lowest BCUT2D eigenvalue weighted by Gasteiger charge is -2.17. The lowest BCUT2D eigenvalue weighted by atomic mass is 10.3. The topological polar surface area (TPSA) is 50.2 Å². The van der Waals surface area contributed by atoms with E-state index in [0.29, 0.717) is 17.3 Å². The first kappa shape index (κ1) is 15.0. The molecule has 1 aromatic heterocycles. The molecule has 1 heterocycles. The first-order valence-electron chi connectivity index (χ1n) is 6.28. The molecule has 6 heteroatoms. The summed E-state index contributed by atoms with van der Waals surface area (Å²) in [6.45, 7) is 7.99. The summed E-state index contributed by atoms with van der Waals surface area (Å²) >= 11 is 5.90. The monoisotopic (exact) mass is 272 g/mol. The molecule has 0 aliphatic carbocycles. The van der Waals surface area contributed by atoms with Crippen LogP contribution in [0.4, 0.5) is 0 Å². The molecule has 0 saturated carbocycles. The zero-order valence-electron chi connectivity index (χ0n) is 11.2. The maximum absolute atomic E-state index is 11.9. The van der Waals surface area contributed by atoms with Crippen LogP contribution in [0.15, 0.2) is 6.20 Å². The van der Waals surface area contributed by atoms with Crippen molar-refractivity contribution in [3.05, 3.63) is 16.9 Å². The molecule has 0 unspecified atom stereocenters. The van der Waals surface area contributed by atoms with Crippen molar-refractivity contribution >= 4 is 17.5 Å². The molecule has 1 aromatic rings. The molecule has 1 N–H and O–H groups in total. The standard InChI is InChI=1S/C12H21ClN4O/c1-4-17(5-2)8-6-7-14-12(18)11-10(13)9-15-16(11)3/h9H,4-8H2,1-3H3,(H,14,18). The van der Waals surface area contributed by atoms with Crippen molar-refractivity contribution in [1.29, 1.82) is 0 Å². The number of hydrogen-bond donors (Lipinski definition) is 1. The minimum absolute atomic E-state index is 0.167. The van der Waals surface area contributed by atoms with E-state index in [1.165, 1.54) is 10.9 Å². The molecule has 1 rings (SSSR count). The molecule has 0 fully saturated rings. The van der Waals surface area contributed by atoms with E-state index in [0.717, 1.165) is 26.1 Å². The molecule has 0 saturated heterocycles. The van der Waals surface area contributed by atoms with Crippen LogP contribution in [0, 0.1) is 0 Å². The van der Waals surface area contributed by atoms with Crippen LogP contribution in [0.3, 0.4) is 0 Å². The molecule has 102 valence electrons. The van der Waals surface area contributed by atoms with Crippen molar-refractivity contribution in [3.63, 3.8) is 0 Å². The Morgan fingerprint density at radius 3 is 2.67 bits per heavy atom. The van der Waals surface area contributed by atoms with Crippen molar-refractivity contribution in [3.8, 4) is 0 Å². The number of hydrogen-bond acceptors (Lipinski definition) is 3. The zero-order chi connectivity index (χ0) is 13.5. The number of amides is 1. The highest BCUT2D eigenvalue weighted by molar-refractivity contribution is 6.33. The predicted octanol–water partition coefficient (Wildman–Crippen LogP) is 1.54. The van der Waals surface area contributed by atoms with E-state index >= 15 is 0 Å². The van der Waals surface area contributed by atoms with Crippen LogP contribution >= 0.6 is 11.6 Å². The third-order valence-electron chi connectivity index (χ3n) is 2.94. The third-order valence-corrected chi connectivity index (χ3v) is 3.22. The van der Waals surface area contributed by atoms with Crippen molar-refractivity contribution in [2.75, 3.05) is 26.2 Å². The zero-order valence-corrected chi connectivity index (χ0v) is 12.0. The van der Waals surface area contributed by atoms with Crippen LogP contribution in [0.1, 0.15) is 30.8 Å². The van der Waals surface area contributed by atoms with Crippen LogP contribution in [0.5, 0.6) is 0 Å². The van der Waals surface area contributed by atoms with Gasteiger partial charge in [-0.25, -0.2) is 0 Å². The fourth-order valence-corrected chi connectivity index (χ4v) is 2.05. The molecule has 0 aliphatic heterocycles. The number of aromatic nitrogens is 2. The maximum atomic E-state index is 11.9. The van der Waals surface area contributed by atoms with Gasteiger partial charge in [0.1, 0.15) is 5.69 Å². The van der Waals surface area contributed by atoms with Crippen LogP contribution in [-0.2, 0) is 7.05 Å². The van der Waals surface area contributed by atoms with Crippen LogP contribution < -0.4 is 5.32 Å². The summed E-state index contributed by atoms with van der Waals surface area (Å²) in [7, 11) is 1.71. The molecule has 1 amide bonds. The Hall–Kier alpha value is -1.07. The van der Waals surface area contributed by atoms with Gasteiger partial charge in [0.25, 0.3) is 5.91 Å². The first-order valence-corrected chi connectivity index (χ1v) is 6.66. The van der Waals surface area contributed by atoms with Gasteiger partial charge in [-0.1, -0.05) is 25.4 Å². The first-order chi connectivity index (χ1) is 8.60. The Morgan fingerprint density at radius 1 is 1.50 bits per heavy atom. The van der Waals surface area contributed by atoms with Crippen LogP contribution in [-0.4, -0.2) is 46.8 Å². The molecule has 0 bridgehead atoms. The molecule has 0 aromatic carbocycles. The fourth-order valence-electron chi connectivity index (χ4n) is 1.79. The van der Waals surface area contributed by atoms with Crippen molar-refractivity contribution < 1.29 is 4.79 Å². The average Bonchev–Trinajstić information content (AvgIpc) is 2.69. The minimum atomic E-state index is -0.167. The maximum Gasteiger partial charge on any atom is 0.271 e. The van der Waals surface area contributed by atoms with Crippen molar-refractivity contribution in [2.45, 2.75) is 20.3 Å². The van der Waals surface area contributed by atoms with Gasteiger partial charge in [0.05, 0.1) is 11.2 Å². The Labute approximate surface area is 113 Å². The Bertz CT molecular complexity index is 368. The fraction of sp³-hybridized carbons (Fsp3) is 0.667. The molecular weight excluding hydrogens is 252 g/mol. The largest absolute Gasteiger partial charge is 0.351 e. The van der Waals surface area contributed by atoms with E-state index in [1.54, 1.807) is 7.05 Å². The predicted molar refractivity (Wildman–Crippen MR) is 73.0 cm³/mol. The number of carbonyl (C=O) groups excluding carboxylic acids is 1. The SMILES string of the molecule is CCN(CC)CCCNC(=O)c1c(Cl)cnn1C. The van der Waals surface area contributed by atoms with Gasteiger partial charge in [-0.15, -0.1) is 0 Å². The molecule has 0 radical (unpaired) electrons. The molecule has 0 spiro atoms. The number of aryl methyl sites for hydroxylation is 1. The average molecular weight is 273 g/mol. The molecule has 5 nitrogen and oxygen atoms in total. The van der Waals surface area contributed by atoms with Crippen molar-refractivity contribution in [2.24, 2.45) is 7.05 Å². The van der Waals surface area contributed by atoms with E-state index in [4.69, 9.17) is 11.6 Å². The quantitative estimate of drug-likeness (QED) is 0.766. The number of nitrogens with zero attached hydrogens (tertiary/aromatic N) is 3. The number of halogens is 1. The summed E-state index contributed by atoms with van der Waals surface area (Å²) in [6, 6.07) is 0. The van der Waals surface area contributed by atoms with E-state index in [9.17, 15) is 4.79 Å². The molecular formula is C12H21ClN4O. The van der Waals surface area contributed by atoms with Crippen molar-refractivity contribution in [1.82, 2.24) is 20.0 Å². The highest BCUT2D eigenvalue weighted by Gasteiger charge is 2.14. The summed E-state index contributed by atoms with van der Waals surface area (Å²) in [5.74, 6) is -0.167. The molecule has 0 aliphatic rings. The number of rotatable bonds is 7. The third kappa shape index (κ3) is 3.99. The van der Waals surface area contributed by atoms with Crippen LogP contribution in [0.25, 0.3) is 0 Å². The second-order valence-electron chi connectivity index (χ2n) is 4.10. The Morgan fingerprint density at radius 2 is 2.17 bits per heavy atom. The summed E-state index contributed by atoms with van der Waals surface area (Å²) in [4.78, 5) is 14.2. The van der Waals surface area contributed by atoms with E-state index < -0.39 is 0 Å². The smallest absolute Gasteiger partial charge is 0.271 e. The molecule has 18 heavy (non-hydrogen) atoms. The summed E-state index contributed by atoms with van der Waals surface area (Å²) in [6.07, 6.45) is 2.41. The van der Waals surface area contributed by atoms with Gasteiger partial charge in [-0.2, -0.15) is 5.10 Å². The highest BCUT2D eigenvalue weighted by atomic mass is 35.5. The second kappa shape index (κ2) is 7.38. The number of nitrogens with one attached hydrogen (secondary N) is 1. The summed E-state index contributed by atoms with van der Waals surface area (Å²) in [5.41, 5.74) is 0.416. The van der Waals surface area contributed by atoms with E-state index in [1.807, 2.05) is 0 Å². The lowest BCUT2D eigenvalue weighted by Crippen LogP contribution is -2.30. The minimum Gasteiger partial charge on any atom is -0.351 e. The lowest BCUT2D eigenvalue weighted by molar-refractivity contribution is 0.0942. The van der Waals surface area contributed by atoms with Gasteiger partial charge >= 0.3 is 0 Å². The summed E-state index contributed by atoms with van der Waals surface area (Å²) in [5, 5.41) is 7.18. The highest BCUT2D eigenvalue weighted by Crippen LogP contribution is 2.13. The van der Waals surface area contributed by atoms with Gasteiger partial charge in [0.2, 0.25) is 0 Å². The van der Waals surface area contributed by atoms with Gasteiger partial charge < -0.3 is 10.2 Å².